The smallest absolute Gasteiger partial charge is 0.361 e. The van der Waals surface area contributed by atoms with E-state index in [0.29, 0.717) is 5.56 Å². The molecule has 0 aliphatic heterocycles. The number of aromatic amines is 1. The lowest BCUT2D eigenvalue weighted by Crippen LogP contribution is -2.09. The van der Waals surface area contributed by atoms with Crippen LogP contribution in [0, 0.1) is 0 Å². The number of carbonyl (C=O) groups is 1. The van der Waals surface area contributed by atoms with Gasteiger partial charge in [-0.3, -0.25) is 0 Å². The van der Waals surface area contributed by atoms with Crippen LogP contribution in [-0.2, 0) is 4.74 Å². The first-order valence-corrected chi connectivity index (χ1v) is 6.21. The van der Waals surface area contributed by atoms with Gasteiger partial charge in [0.05, 0.1) is 6.61 Å². The standard InChI is InChI=1S/C13H13F2N3O3/c1-2-20-13(19)12-11(16-18-17-12)8-5-3-4-6-9(8)21-7-10(14)15/h3-6,10H,2,7H2,1H3,(H,16,17,18). The van der Waals surface area contributed by atoms with Crippen molar-refractivity contribution in [2.75, 3.05) is 13.2 Å². The highest BCUT2D eigenvalue weighted by molar-refractivity contribution is 5.94. The monoisotopic (exact) mass is 297 g/mol. The molecule has 2 aromatic rings. The summed E-state index contributed by atoms with van der Waals surface area (Å²) in [7, 11) is 0. The number of esters is 1. The van der Waals surface area contributed by atoms with E-state index < -0.39 is 19.0 Å². The Morgan fingerprint density at radius 1 is 1.33 bits per heavy atom. The third-order valence-corrected chi connectivity index (χ3v) is 2.52. The van der Waals surface area contributed by atoms with E-state index in [1.165, 1.54) is 6.07 Å². The molecule has 2 rings (SSSR count). The molecule has 0 aliphatic carbocycles. The van der Waals surface area contributed by atoms with Gasteiger partial charge >= 0.3 is 5.97 Å². The van der Waals surface area contributed by atoms with Crippen LogP contribution in [-0.4, -0.2) is 41.0 Å². The minimum atomic E-state index is -2.60. The molecule has 0 aliphatic rings. The summed E-state index contributed by atoms with van der Waals surface area (Å²) in [4.78, 5) is 11.8. The van der Waals surface area contributed by atoms with Crippen LogP contribution in [0.1, 0.15) is 17.4 Å². The Labute approximate surface area is 119 Å². The molecule has 1 N–H and O–H groups in total. The molecule has 0 spiro atoms. The minimum absolute atomic E-state index is 0.0232. The number of carbonyl (C=O) groups excluding carboxylic acids is 1. The molecule has 1 aromatic heterocycles. The number of H-pyrrole nitrogens is 1. The van der Waals surface area contributed by atoms with Crippen LogP contribution >= 0.6 is 0 Å². The summed E-state index contributed by atoms with van der Waals surface area (Å²) in [6, 6.07) is 6.42. The van der Waals surface area contributed by atoms with Crippen LogP contribution in [0.3, 0.4) is 0 Å². The van der Waals surface area contributed by atoms with E-state index in [1.54, 1.807) is 25.1 Å². The van der Waals surface area contributed by atoms with Crippen molar-refractivity contribution in [3.8, 4) is 17.0 Å². The molecule has 1 aromatic carbocycles. The second-order valence-corrected chi connectivity index (χ2v) is 3.94. The zero-order chi connectivity index (χ0) is 15.2. The third kappa shape index (κ3) is 3.53. The number of ether oxygens (including phenoxy) is 2. The Balaban J connectivity index is 2.34. The van der Waals surface area contributed by atoms with E-state index >= 15 is 0 Å². The second-order valence-electron chi connectivity index (χ2n) is 3.94. The van der Waals surface area contributed by atoms with Crippen molar-refractivity contribution in [1.82, 2.24) is 15.4 Å². The minimum Gasteiger partial charge on any atom is -0.487 e. The maximum absolute atomic E-state index is 12.3. The van der Waals surface area contributed by atoms with Gasteiger partial charge < -0.3 is 9.47 Å². The van der Waals surface area contributed by atoms with Crippen molar-refractivity contribution < 1.29 is 23.0 Å². The Morgan fingerprint density at radius 2 is 2.10 bits per heavy atom. The number of alkyl halides is 2. The summed E-state index contributed by atoms with van der Waals surface area (Å²) in [5, 5.41) is 9.93. The number of hydrogen-bond acceptors (Lipinski definition) is 5. The third-order valence-electron chi connectivity index (χ3n) is 2.52. The van der Waals surface area contributed by atoms with Crippen molar-refractivity contribution in [3.05, 3.63) is 30.0 Å². The zero-order valence-electron chi connectivity index (χ0n) is 11.2. The summed E-state index contributed by atoms with van der Waals surface area (Å²) in [6.07, 6.45) is -2.60. The maximum atomic E-state index is 12.3. The summed E-state index contributed by atoms with van der Waals surface area (Å²) >= 11 is 0. The second kappa shape index (κ2) is 6.78. The highest BCUT2D eigenvalue weighted by atomic mass is 19.3. The molecule has 0 fully saturated rings. The lowest BCUT2D eigenvalue weighted by atomic mass is 10.1. The molecule has 8 heteroatoms. The van der Waals surface area contributed by atoms with Crippen molar-refractivity contribution in [1.29, 1.82) is 0 Å². The van der Waals surface area contributed by atoms with Gasteiger partial charge in [0.15, 0.2) is 5.69 Å². The number of nitrogens with one attached hydrogen (secondary N) is 1. The van der Waals surface area contributed by atoms with Crippen LogP contribution in [0.4, 0.5) is 8.78 Å². The molecule has 0 bridgehead atoms. The van der Waals surface area contributed by atoms with Crippen molar-refractivity contribution >= 4 is 5.97 Å². The Hall–Kier alpha value is -2.51. The summed E-state index contributed by atoms with van der Waals surface area (Å²) in [5.41, 5.74) is 0.554. The molecule has 0 saturated carbocycles. The van der Waals surface area contributed by atoms with Crippen LogP contribution in [0.15, 0.2) is 24.3 Å². The van der Waals surface area contributed by atoms with E-state index in [1.807, 2.05) is 0 Å². The fraction of sp³-hybridized carbons (Fsp3) is 0.308. The van der Waals surface area contributed by atoms with Gasteiger partial charge in [0, 0.05) is 5.56 Å². The molecule has 0 amide bonds. The van der Waals surface area contributed by atoms with Gasteiger partial charge in [0.2, 0.25) is 0 Å². The molecule has 0 atom stereocenters. The lowest BCUT2D eigenvalue weighted by Gasteiger charge is -2.10. The van der Waals surface area contributed by atoms with Crippen LogP contribution in [0.2, 0.25) is 0 Å². The van der Waals surface area contributed by atoms with Crippen molar-refractivity contribution in [2.24, 2.45) is 0 Å². The van der Waals surface area contributed by atoms with Gasteiger partial charge in [-0.1, -0.05) is 12.1 Å². The molecule has 0 saturated heterocycles. The fourth-order valence-corrected chi connectivity index (χ4v) is 1.70. The first-order valence-electron chi connectivity index (χ1n) is 6.21. The zero-order valence-corrected chi connectivity index (χ0v) is 11.2. The van der Waals surface area contributed by atoms with Crippen LogP contribution in [0.25, 0.3) is 11.3 Å². The number of benzene rings is 1. The first-order chi connectivity index (χ1) is 10.1. The summed E-state index contributed by atoms with van der Waals surface area (Å²) in [6.45, 7) is 1.11. The fourth-order valence-electron chi connectivity index (χ4n) is 1.70. The Morgan fingerprint density at radius 3 is 2.81 bits per heavy atom. The number of nitrogens with zero attached hydrogens (tertiary/aromatic N) is 2. The SMILES string of the molecule is CCOC(=O)c1n[nH]nc1-c1ccccc1OCC(F)F. The summed E-state index contributed by atoms with van der Waals surface area (Å²) < 4.78 is 34.4. The van der Waals surface area contributed by atoms with Crippen molar-refractivity contribution in [3.63, 3.8) is 0 Å². The van der Waals surface area contributed by atoms with Gasteiger partial charge in [0.25, 0.3) is 6.43 Å². The normalized spacial score (nSPS) is 10.7. The van der Waals surface area contributed by atoms with E-state index in [-0.39, 0.29) is 23.7 Å². The van der Waals surface area contributed by atoms with Gasteiger partial charge in [-0.05, 0) is 19.1 Å². The number of aromatic nitrogens is 3. The highest BCUT2D eigenvalue weighted by Crippen LogP contribution is 2.30. The quantitative estimate of drug-likeness (QED) is 0.828. The van der Waals surface area contributed by atoms with Crippen molar-refractivity contribution in [2.45, 2.75) is 13.3 Å². The van der Waals surface area contributed by atoms with Gasteiger partial charge in [0.1, 0.15) is 18.1 Å². The average Bonchev–Trinajstić information content (AvgIpc) is 2.95. The van der Waals surface area contributed by atoms with Gasteiger partial charge in [-0.25, -0.2) is 13.6 Å². The Bertz CT molecular complexity index is 616. The molecule has 1 heterocycles. The molecule has 6 nitrogen and oxygen atoms in total. The predicted octanol–water partition coefficient (Wildman–Crippen LogP) is 2.29. The largest absolute Gasteiger partial charge is 0.487 e. The Kier molecular flexibility index (Phi) is 4.81. The lowest BCUT2D eigenvalue weighted by molar-refractivity contribution is 0.0520. The van der Waals surface area contributed by atoms with Crippen LogP contribution < -0.4 is 4.74 Å². The predicted molar refractivity (Wildman–Crippen MR) is 69.3 cm³/mol. The average molecular weight is 297 g/mol. The molecule has 112 valence electrons. The molecular formula is C13H13F2N3O3. The molecule has 0 radical (unpaired) electrons. The van der Waals surface area contributed by atoms with Gasteiger partial charge in [-0.2, -0.15) is 10.3 Å². The molecule has 0 unspecified atom stereocenters. The number of para-hydroxylation sites is 1. The number of halogens is 2. The summed E-state index contributed by atoms with van der Waals surface area (Å²) in [5.74, 6) is -0.456. The van der Waals surface area contributed by atoms with E-state index in [9.17, 15) is 13.6 Å². The van der Waals surface area contributed by atoms with E-state index in [2.05, 4.69) is 15.4 Å². The maximum Gasteiger partial charge on any atom is 0.361 e. The number of hydrogen-bond donors (Lipinski definition) is 1. The van der Waals surface area contributed by atoms with E-state index in [4.69, 9.17) is 9.47 Å². The highest BCUT2D eigenvalue weighted by Gasteiger charge is 2.21. The van der Waals surface area contributed by atoms with Gasteiger partial charge in [-0.15, -0.1) is 5.10 Å². The van der Waals surface area contributed by atoms with Crippen LogP contribution in [0.5, 0.6) is 5.75 Å². The molecular weight excluding hydrogens is 284 g/mol. The first kappa shape index (κ1) is 14.9. The number of rotatable bonds is 6. The molecule has 21 heavy (non-hydrogen) atoms. The topological polar surface area (TPSA) is 77.1 Å². The van der Waals surface area contributed by atoms with E-state index in [0.717, 1.165) is 0 Å².